The van der Waals surface area contributed by atoms with E-state index in [1.165, 1.54) is 0 Å². The van der Waals surface area contributed by atoms with Gasteiger partial charge in [-0.3, -0.25) is 0 Å². The highest BCUT2D eigenvalue weighted by molar-refractivity contribution is 7.89. The van der Waals surface area contributed by atoms with Crippen molar-refractivity contribution in [3.05, 3.63) is 28.8 Å². The fourth-order valence-corrected chi connectivity index (χ4v) is 5.56. The van der Waals surface area contributed by atoms with Gasteiger partial charge in [-0.25, -0.2) is 8.42 Å². The van der Waals surface area contributed by atoms with Crippen LogP contribution in [0, 0.1) is 13.8 Å². The van der Waals surface area contributed by atoms with E-state index in [4.69, 9.17) is 5.73 Å². The Morgan fingerprint density at radius 3 is 2.48 bits per heavy atom. The summed E-state index contributed by atoms with van der Waals surface area (Å²) in [4.78, 5) is 0.417. The molecule has 0 aromatic heterocycles. The molecule has 1 aromatic rings. The number of rotatable bonds is 4. The van der Waals surface area contributed by atoms with Gasteiger partial charge in [-0.1, -0.05) is 13.0 Å². The number of aryl methyl sites for hydroxylation is 2. The van der Waals surface area contributed by atoms with Crippen LogP contribution in [0.25, 0.3) is 0 Å². The molecule has 1 saturated heterocycles. The van der Waals surface area contributed by atoms with Crippen molar-refractivity contribution in [1.82, 2.24) is 4.31 Å². The van der Waals surface area contributed by atoms with Crippen LogP contribution in [-0.4, -0.2) is 24.8 Å². The van der Waals surface area contributed by atoms with Gasteiger partial charge in [0.2, 0.25) is 10.0 Å². The quantitative estimate of drug-likeness (QED) is 0.930. The molecule has 0 amide bonds. The Morgan fingerprint density at radius 1 is 1.24 bits per heavy atom. The van der Waals surface area contributed by atoms with Crippen molar-refractivity contribution < 1.29 is 8.42 Å². The molecule has 2 unspecified atom stereocenters. The van der Waals surface area contributed by atoms with E-state index in [0.717, 1.165) is 36.0 Å². The third-order valence-corrected chi connectivity index (χ3v) is 6.80. The van der Waals surface area contributed by atoms with Gasteiger partial charge in [0.15, 0.2) is 0 Å². The monoisotopic (exact) mass is 310 g/mol. The van der Waals surface area contributed by atoms with Crippen molar-refractivity contribution in [2.24, 2.45) is 5.73 Å². The highest BCUT2D eigenvalue weighted by Crippen LogP contribution is 2.34. The predicted molar refractivity (Wildman–Crippen MR) is 85.6 cm³/mol. The topological polar surface area (TPSA) is 63.4 Å². The Bertz CT molecular complexity index is 625. The van der Waals surface area contributed by atoms with Gasteiger partial charge < -0.3 is 5.73 Å². The first-order chi connectivity index (χ1) is 9.82. The molecule has 0 radical (unpaired) electrons. The molecule has 2 rings (SSSR count). The highest BCUT2D eigenvalue weighted by Gasteiger charge is 2.39. The molecule has 1 aromatic carbocycles. The highest BCUT2D eigenvalue weighted by atomic mass is 32.2. The molecule has 1 heterocycles. The minimum Gasteiger partial charge on any atom is -0.326 e. The maximum Gasteiger partial charge on any atom is 0.243 e. The van der Waals surface area contributed by atoms with E-state index < -0.39 is 10.0 Å². The minimum atomic E-state index is -3.45. The largest absolute Gasteiger partial charge is 0.326 e. The van der Waals surface area contributed by atoms with E-state index >= 15 is 0 Å². The number of hydrogen-bond donors (Lipinski definition) is 1. The molecule has 0 saturated carbocycles. The SMILES string of the molecule is CCC1CCC(C)N1S(=O)(=O)c1cc(CN)c(C)cc1C. The summed E-state index contributed by atoms with van der Waals surface area (Å²) >= 11 is 0. The number of nitrogens with zero attached hydrogens (tertiary/aromatic N) is 1. The van der Waals surface area contributed by atoms with E-state index in [1.807, 2.05) is 26.8 Å². The second-order valence-electron chi connectivity index (χ2n) is 6.07. The van der Waals surface area contributed by atoms with Gasteiger partial charge in [0.1, 0.15) is 0 Å². The molecule has 5 heteroatoms. The number of benzene rings is 1. The Hall–Kier alpha value is -0.910. The molecule has 0 bridgehead atoms. The van der Waals surface area contributed by atoms with Crippen LogP contribution in [0.1, 0.15) is 49.8 Å². The van der Waals surface area contributed by atoms with Crippen molar-refractivity contribution in [3.8, 4) is 0 Å². The van der Waals surface area contributed by atoms with Crippen molar-refractivity contribution in [2.75, 3.05) is 0 Å². The van der Waals surface area contributed by atoms with E-state index in [9.17, 15) is 8.42 Å². The first-order valence-electron chi connectivity index (χ1n) is 7.66. The first kappa shape index (κ1) is 16.5. The molecule has 21 heavy (non-hydrogen) atoms. The van der Waals surface area contributed by atoms with Crippen LogP contribution in [0.5, 0.6) is 0 Å². The second kappa shape index (κ2) is 6.07. The molecule has 2 atom stereocenters. The van der Waals surface area contributed by atoms with Crippen LogP contribution in [-0.2, 0) is 16.6 Å². The van der Waals surface area contributed by atoms with Gasteiger partial charge in [-0.15, -0.1) is 0 Å². The average Bonchev–Trinajstić information content (AvgIpc) is 2.80. The molecule has 0 spiro atoms. The molecule has 2 N–H and O–H groups in total. The Kier molecular flexibility index (Phi) is 4.76. The number of sulfonamides is 1. The van der Waals surface area contributed by atoms with E-state index in [1.54, 1.807) is 10.4 Å². The van der Waals surface area contributed by atoms with Crippen LogP contribution in [0.15, 0.2) is 17.0 Å². The lowest BCUT2D eigenvalue weighted by Gasteiger charge is -2.28. The van der Waals surface area contributed by atoms with Gasteiger partial charge in [-0.2, -0.15) is 4.31 Å². The molecule has 4 nitrogen and oxygen atoms in total. The fourth-order valence-electron chi connectivity index (χ4n) is 3.35. The first-order valence-corrected chi connectivity index (χ1v) is 9.10. The maximum absolute atomic E-state index is 13.1. The fraction of sp³-hybridized carbons (Fsp3) is 0.625. The Labute approximate surface area is 128 Å². The molecule has 1 aliphatic heterocycles. The van der Waals surface area contributed by atoms with Gasteiger partial charge in [0, 0.05) is 18.6 Å². The lowest BCUT2D eigenvalue weighted by Crippen LogP contribution is -2.40. The summed E-state index contributed by atoms with van der Waals surface area (Å²) in [5.41, 5.74) is 8.50. The number of nitrogens with two attached hydrogens (primary N) is 1. The van der Waals surface area contributed by atoms with Crippen molar-refractivity contribution in [2.45, 2.75) is 70.5 Å². The van der Waals surface area contributed by atoms with Crippen molar-refractivity contribution in [1.29, 1.82) is 0 Å². The van der Waals surface area contributed by atoms with Gasteiger partial charge in [0.05, 0.1) is 4.90 Å². The molecular weight excluding hydrogens is 284 g/mol. The Balaban J connectivity index is 2.54. The molecule has 1 fully saturated rings. The van der Waals surface area contributed by atoms with E-state index in [2.05, 4.69) is 6.92 Å². The molecular formula is C16H26N2O2S. The number of hydrogen-bond acceptors (Lipinski definition) is 3. The standard InChI is InChI=1S/C16H26N2O2S/c1-5-15-7-6-13(4)18(15)21(19,20)16-9-14(10-17)11(2)8-12(16)3/h8-9,13,15H,5-7,10,17H2,1-4H3. The second-order valence-corrected chi connectivity index (χ2v) is 7.88. The predicted octanol–water partition coefficient (Wildman–Crippen LogP) is 2.71. The molecule has 118 valence electrons. The lowest BCUT2D eigenvalue weighted by molar-refractivity contribution is 0.328. The zero-order chi connectivity index (χ0) is 15.8. The Morgan fingerprint density at radius 2 is 1.90 bits per heavy atom. The molecule has 1 aliphatic rings. The van der Waals surface area contributed by atoms with Crippen LogP contribution in [0.3, 0.4) is 0 Å². The third-order valence-electron chi connectivity index (χ3n) is 4.59. The summed E-state index contributed by atoms with van der Waals surface area (Å²) in [6.45, 7) is 8.25. The van der Waals surface area contributed by atoms with Crippen LogP contribution < -0.4 is 5.73 Å². The van der Waals surface area contributed by atoms with Crippen molar-refractivity contribution in [3.63, 3.8) is 0 Å². The third kappa shape index (κ3) is 2.87. The van der Waals surface area contributed by atoms with E-state index in [-0.39, 0.29) is 12.1 Å². The van der Waals surface area contributed by atoms with Gasteiger partial charge >= 0.3 is 0 Å². The van der Waals surface area contributed by atoms with Gasteiger partial charge in [0.25, 0.3) is 0 Å². The van der Waals surface area contributed by atoms with E-state index in [0.29, 0.717) is 11.4 Å². The summed E-state index contributed by atoms with van der Waals surface area (Å²) in [7, 11) is -3.45. The smallest absolute Gasteiger partial charge is 0.243 e. The normalized spacial score (nSPS) is 23.7. The summed E-state index contributed by atoms with van der Waals surface area (Å²) in [6, 6.07) is 3.88. The van der Waals surface area contributed by atoms with Crippen LogP contribution in [0.2, 0.25) is 0 Å². The maximum atomic E-state index is 13.1. The van der Waals surface area contributed by atoms with Gasteiger partial charge in [-0.05, 0) is 62.8 Å². The summed E-state index contributed by atoms with van der Waals surface area (Å²) in [6.07, 6.45) is 2.75. The zero-order valence-corrected chi connectivity index (χ0v) is 14.2. The van der Waals surface area contributed by atoms with Crippen molar-refractivity contribution >= 4 is 10.0 Å². The van der Waals surface area contributed by atoms with Crippen LogP contribution >= 0.6 is 0 Å². The summed E-state index contributed by atoms with van der Waals surface area (Å²) < 4.78 is 27.9. The average molecular weight is 310 g/mol. The summed E-state index contributed by atoms with van der Waals surface area (Å²) in [5, 5.41) is 0. The zero-order valence-electron chi connectivity index (χ0n) is 13.4. The lowest BCUT2D eigenvalue weighted by atomic mass is 10.1. The minimum absolute atomic E-state index is 0.0713. The summed E-state index contributed by atoms with van der Waals surface area (Å²) in [5.74, 6) is 0. The van der Waals surface area contributed by atoms with Crippen LogP contribution in [0.4, 0.5) is 0 Å². The molecule has 0 aliphatic carbocycles.